The van der Waals surface area contributed by atoms with Crippen LogP contribution in [0.4, 0.5) is 10.5 Å². The average molecular weight is 586 g/mol. The topological polar surface area (TPSA) is 97.3 Å². The number of ether oxygens (including phenoxy) is 1. The zero-order chi connectivity index (χ0) is 28.5. The highest BCUT2D eigenvalue weighted by Crippen LogP contribution is 2.49. The van der Waals surface area contributed by atoms with Gasteiger partial charge in [0.1, 0.15) is 23.3 Å². The molecule has 1 aliphatic heterocycles. The van der Waals surface area contributed by atoms with Gasteiger partial charge < -0.3 is 20.1 Å². The van der Waals surface area contributed by atoms with Gasteiger partial charge in [-0.05, 0) is 56.2 Å². The second-order valence-corrected chi connectivity index (χ2v) is 11.6. The first-order chi connectivity index (χ1) is 18.7. The van der Waals surface area contributed by atoms with Crippen molar-refractivity contribution in [2.75, 3.05) is 29.7 Å². The Morgan fingerprint density at radius 3 is 2.54 bits per heavy atom. The van der Waals surface area contributed by atoms with E-state index < -0.39 is 29.3 Å². The maximum absolute atomic E-state index is 12.8. The maximum Gasteiger partial charge on any atom is 0.408 e. The third kappa shape index (κ3) is 8.49. The molecule has 1 aliphatic carbocycles. The lowest BCUT2D eigenvalue weighted by Gasteiger charge is -2.36. The van der Waals surface area contributed by atoms with Crippen molar-refractivity contribution in [3.63, 3.8) is 0 Å². The van der Waals surface area contributed by atoms with Crippen LogP contribution in [0.2, 0.25) is 0 Å². The molecule has 8 nitrogen and oxygen atoms in total. The van der Waals surface area contributed by atoms with Crippen molar-refractivity contribution < 1.29 is 29.2 Å². The van der Waals surface area contributed by atoms with Crippen LogP contribution >= 0.6 is 23.2 Å². The van der Waals surface area contributed by atoms with Crippen LogP contribution in [-0.2, 0) is 25.7 Å². The Morgan fingerprint density at radius 1 is 1.26 bits per heavy atom. The molecule has 1 amide bonds. The summed E-state index contributed by atoms with van der Waals surface area (Å²) < 4.78 is 5.71. The van der Waals surface area contributed by atoms with Gasteiger partial charge in [-0.15, -0.1) is 29.8 Å². The average Bonchev–Trinajstić information content (AvgIpc) is 3.23. The van der Waals surface area contributed by atoms with Gasteiger partial charge in [0, 0.05) is 49.8 Å². The molecule has 2 unspecified atom stereocenters. The number of benzene rings is 1. The monoisotopic (exact) mass is 584 g/mol. The molecule has 2 aliphatic rings. The number of hydrogen-bond acceptors (Lipinski definition) is 6. The van der Waals surface area contributed by atoms with Gasteiger partial charge >= 0.3 is 12.1 Å². The van der Waals surface area contributed by atoms with E-state index in [9.17, 15) is 14.7 Å². The Balaban J connectivity index is 1.57. The normalized spacial score (nSPS) is 26.1. The minimum Gasteiger partial charge on any atom is -0.480 e. The molecule has 0 radical (unpaired) electrons. The quantitative estimate of drug-likeness (QED) is 0.155. The zero-order valence-corrected chi connectivity index (χ0v) is 24.5. The predicted molar refractivity (Wildman–Crippen MR) is 154 cm³/mol. The van der Waals surface area contributed by atoms with Gasteiger partial charge in [0.05, 0.1) is 0 Å². The number of nitrogens with one attached hydrogen (secondary N) is 1. The van der Waals surface area contributed by atoms with Gasteiger partial charge in [-0.2, -0.15) is 0 Å². The fraction of sp³-hybridized carbons (Fsp3) is 0.655. The summed E-state index contributed by atoms with van der Waals surface area (Å²) in [4.78, 5) is 38.6. The third-order valence-electron chi connectivity index (χ3n) is 7.96. The van der Waals surface area contributed by atoms with Crippen LogP contribution in [0.3, 0.4) is 0 Å². The zero-order valence-electron chi connectivity index (χ0n) is 23.0. The fourth-order valence-corrected chi connectivity index (χ4v) is 6.34. The van der Waals surface area contributed by atoms with Crippen LogP contribution in [0.25, 0.3) is 0 Å². The molecule has 3 rings (SSSR count). The molecular weight excluding hydrogens is 543 g/mol. The number of hydrogen-bond donors (Lipinski definition) is 2. The van der Waals surface area contributed by atoms with E-state index in [0.29, 0.717) is 37.7 Å². The van der Waals surface area contributed by atoms with E-state index in [0.717, 1.165) is 43.4 Å². The number of alkyl carbamates (subject to hydrolysis) is 1. The van der Waals surface area contributed by atoms with Gasteiger partial charge in [-0.3, -0.25) is 0 Å². The summed E-state index contributed by atoms with van der Waals surface area (Å²) in [6, 6.07) is 6.39. The van der Waals surface area contributed by atoms with Crippen LogP contribution in [0.15, 0.2) is 36.9 Å². The number of amides is 1. The summed E-state index contributed by atoms with van der Waals surface area (Å²) in [5.74, 6) is 0.105. The first kappa shape index (κ1) is 31.5. The molecule has 2 N–H and O–H groups in total. The number of carbonyl (C=O) groups is 2. The molecule has 0 bridgehead atoms. The number of carboxylic acids is 1. The Hall–Kier alpha value is -2.00. The van der Waals surface area contributed by atoms with Crippen LogP contribution < -0.4 is 10.2 Å². The SMILES string of the molecule is C=CCC(CC)[C@]1(C)C[C@]2(CCCC(OC(=O)N[C@@H](Cc3ccc(N(CCCl)CCCl)cc3)C(=O)O)C2)OO1. The highest BCUT2D eigenvalue weighted by Gasteiger charge is 2.54. The van der Waals surface area contributed by atoms with E-state index in [-0.39, 0.29) is 18.4 Å². The van der Waals surface area contributed by atoms with E-state index in [1.54, 1.807) is 0 Å². The van der Waals surface area contributed by atoms with E-state index in [1.807, 2.05) is 30.3 Å². The molecule has 1 spiro atoms. The molecular formula is C29H42Cl2N2O6. The van der Waals surface area contributed by atoms with Gasteiger partial charge in [0.2, 0.25) is 0 Å². The lowest BCUT2D eigenvalue weighted by molar-refractivity contribution is -0.361. The second-order valence-electron chi connectivity index (χ2n) is 10.9. The maximum atomic E-state index is 12.8. The molecule has 0 aromatic heterocycles. The number of aliphatic carboxylic acids is 1. The minimum absolute atomic E-state index is 0.126. The fourth-order valence-electron chi connectivity index (χ4n) is 5.93. The largest absolute Gasteiger partial charge is 0.480 e. The molecule has 1 aromatic carbocycles. The first-order valence-corrected chi connectivity index (χ1v) is 14.9. The van der Waals surface area contributed by atoms with Crippen molar-refractivity contribution in [3.05, 3.63) is 42.5 Å². The third-order valence-corrected chi connectivity index (χ3v) is 8.30. The van der Waals surface area contributed by atoms with Crippen LogP contribution in [-0.4, -0.2) is 65.4 Å². The standard InChI is InChI=1S/C29H42Cl2N2O6/c1-4-7-22(5-2)28(3)20-29(39-38-28)13-6-8-24(19-29)37-27(36)32-25(26(34)35)18-21-9-11-23(12-10-21)33(16-14-30)17-15-31/h4,9-12,22,24-25H,1,5-8,13-20H2,2-3H3,(H,32,36)(H,34,35)/t22?,24?,25-,28-,29+/m0/s1. The summed E-state index contributed by atoms with van der Waals surface area (Å²) in [5, 5.41) is 12.3. The summed E-state index contributed by atoms with van der Waals surface area (Å²) in [6.45, 7) is 9.40. The molecule has 39 heavy (non-hydrogen) atoms. The highest BCUT2D eigenvalue weighted by molar-refractivity contribution is 6.18. The lowest BCUT2D eigenvalue weighted by Crippen LogP contribution is -2.46. The number of rotatable bonds is 14. The van der Waals surface area contributed by atoms with Gasteiger partial charge in [0.25, 0.3) is 0 Å². The van der Waals surface area contributed by atoms with Crippen molar-refractivity contribution in [2.24, 2.45) is 5.92 Å². The summed E-state index contributed by atoms with van der Waals surface area (Å²) in [6.07, 6.45) is 6.29. The Morgan fingerprint density at radius 2 is 1.95 bits per heavy atom. The Bertz CT molecular complexity index is 958. The number of anilines is 1. The van der Waals surface area contributed by atoms with Gasteiger partial charge in [-0.1, -0.05) is 31.6 Å². The summed E-state index contributed by atoms with van der Waals surface area (Å²) in [5.41, 5.74) is 0.790. The number of carbonyl (C=O) groups excluding carboxylic acids is 1. The molecule has 218 valence electrons. The lowest BCUT2D eigenvalue weighted by atomic mass is 9.72. The summed E-state index contributed by atoms with van der Waals surface area (Å²) >= 11 is 11.8. The number of nitrogens with zero attached hydrogens (tertiary/aromatic N) is 1. The van der Waals surface area contributed by atoms with Gasteiger partial charge in [0.15, 0.2) is 0 Å². The van der Waals surface area contributed by atoms with Crippen molar-refractivity contribution in [1.82, 2.24) is 5.32 Å². The highest BCUT2D eigenvalue weighted by atomic mass is 35.5. The van der Waals surface area contributed by atoms with Gasteiger partial charge in [-0.25, -0.2) is 19.4 Å². The van der Waals surface area contributed by atoms with E-state index in [2.05, 4.69) is 30.6 Å². The molecule has 1 aromatic rings. The van der Waals surface area contributed by atoms with Crippen LogP contribution in [0.1, 0.15) is 64.4 Å². The number of halogens is 2. The second kappa shape index (κ2) is 14.6. The molecule has 10 heteroatoms. The van der Waals surface area contributed by atoms with E-state index >= 15 is 0 Å². The number of carboxylic acid groups (broad SMARTS) is 1. The predicted octanol–water partition coefficient (Wildman–Crippen LogP) is 6.09. The number of alkyl halides is 2. The molecule has 5 atom stereocenters. The Kier molecular flexibility index (Phi) is 11.8. The van der Waals surface area contributed by atoms with Crippen LogP contribution in [0.5, 0.6) is 0 Å². The van der Waals surface area contributed by atoms with E-state index in [4.69, 9.17) is 37.7 Å². The van der Waals surface area contributed by atoms with Crippen molar-refractivity contribution in [3.8, 4) is 0 Å². The van der Waals surface area contributed by atoms with Crippen molar-refractivity contribution in [2.45, 2.75) is 88.6 Å². The van der Waals surface area contributed by atoms with Crippen molar-refractivity contribution >= 4 is 41.0 Å². The number of allylic oxidation sites excluding steroid dienone is 1. The molecule has 1 saturated carbocycles. The molecule has 1 heterocycles. The smallest absolute Gasteiger partial charge is 0.408 e. The summed E-state index contributed by atoms with van der Waals surface area (Å²) in [7, 11) is 0. The minimum atomic E-state index is -1.13. The Labute approximate surface area is 241 Å². The van der Waals surface area contributed by atoms with Crippen molar-refractivity contribution in [1.29, 1.82) is 0 Å². The van der Waals surface area contributed by atoms with Crippen LogP contribution in [0, 0.1) is 5.92 Å². The molecule has 1 saturated heterocycles. The van der Waals surface area contributed by atoms with E-state index in [1.165, 1.54) is 0 Å². The first-order valence-electron chi connectivity index (χ1n) is 13.8. The molecule has 2 fully saturated rings.